The number of primary amides is 1. The molecule has 7 nitrogen and oxygen atoms in total. The van der Waals surface area contributed by atoms with Crippen LogP contribution in [0.2, 0.25) is 0 Å². The van der Waals surface area contributed by atoms with Gasteiger partial charge in [-0.05, 0) is 40.2 Å². The van der Waals surface area contributed by atoms with Crippen LogP contribution in [0.4, 0.5) is 22.0 Å². The minimum absolute atomic E-state index is 0.00764. The number of carbonyl (C=O) groups excluding carboxylic acids is 1. The number of rotatable bonds is 8. The molecule has 0 saturated carbocycles. The highest BCUT2D eigenvalue weighted by Crippen LogP contribution is 2.36. The number of aromatic nitrogens is 1. The van der Waals surface area contributed by atoms with Gasteiger partial charge in [-0.15, -0.1) is 0 Å². The summed E-state index contributed by atoms with van der Waals surface area (Å²) >= 11 is 3.10. The highest BCUT2D eigenvalue weighted by atomic mass is 79.9. The third-order valence-electron chi connectivity index (χ3n) is 4.63. The van der Waals surface area contributed by atoms with E-state index in [4.69, 9.17) is 14.9 Å². The highest BCUT2D eigenvalue weighted by molar-refractivity contribution is 9.10. The molecule has 34 heavy (non-hydrogen) atoms. The lowest BCUT2D eigenvalue weighted by Crippen LogP contribution is -2.21. The van der Waals surface area contributed by atoms with Gasteiger partial charge in [0, 0.05) is 12.0 Å². The molecule has 0 radical (unpaired) electrons. The van der Waals surface area contributed by atoms with Gasteiger partial charge in [0.2, 0.25) is 5.89 Å². The van der Waals surface area contributed by atoms with Crippen LogP contribution in [0.15, 0.2) is 45.5 Å². The van der Waals surface area contributed by atoms with Crippen LogP contribution in [-0.4, -0.2) is 33.8 Å². The number of nitrogens with two attached hydrogens (primary N) is 1. The Kier molecular flexibility index (Phi) is 7.58. The van der Waals surface area contributed by atoms with Gasteiger partial charge >= 0.3 is 6.18 Å². The molecule has 2 aromatic carbocycles. The van der Waals surface area contributed by atoms with Crippen molar-refractivity contribution >= 4 is 21.8 Å². The van der Waals surface area contributed by atoms with Crippen molar-refractivity contribution in [2.24, 2.45) is 5.73 Å². The number of carbonyl (C=O) groups is 1. The predicted octanol–water partition coefficient (Wildman–Crippen LogP) is 4.36. The van der Waals surface area contributed by atoms with Gasteiger partial charge in [-0.1, -0.05) is 12.1 Å². The van der Waals surface area contributed by atoms with Crippen LogP contribution in [-0.2, 0) is 6.18 Å². The molecule has 0 fully saturated rings. The Labute approximate surface area is 197 Å². The summed E-state index contributed by atoms with van der Waals surface area (Å²) in [6, 6.07) is 5.64. The fourth-order valence-corrected chi connectivity index (χ4v) is 3.46. The van der Waals surface area contributed by atoms with Crippen LogP contribution < -0.4 is 10.5 Å². The van der Waals surface area contributed by atoms with Crippen LogP contribution in [0.25, 0.3) is 11.3 Å². The summed E-state index contributed by atoms with van der Waals surface area (Å²) in [6.45, 7) is -0.702. The first-order valence-electron chi connectivity index (χ1n) is 9.49. The van der Waals surface area contributed by atoms with Crippen molar-refractivity contribution in [3.8, 4) is 17.0 Å². The molecule has 1 amide bonds. The van der Waals surface area contributed by atoms with Crippen LogP contribution >= 0.6 is 15.9 Å². The molecule has 0 aliphatic rings. The molecule has 0 spiro atoms. The number of oxazole rings is 1. The van der Waals surface area contributed by atoms with E-state index >= 15 is 0 Å². The standard InChI is InChI=1S/C21H16BrF5N2O5/c22-18-17(9-1-3-10(4-2-9)21(25,26)27)29-20(34-18)14(7-11(31)8-30)33-13-6-5-12(23)15(16(13)24)19(28)32/h1-6,11,14,30-31H,7-8H2,(H2,28,32)/t11-,14-/m1/s1. The molecule has 0 aliphatic carbocycles. The maximum Gasteiger partial charge on any atom is 0.416 e. The highest BCUT2D eigenvalue weighted by Gasteiger charge is 2.31. The Morgan fingerprint density at radius 3 is 2.38 bits per heavy atom. The van der Waals surface area contributed by atoms with Crippen LogP contribution in [0.3, 0.4) is 0 Å². The third-order valence-corrected chi connectivity index (χ3v) is 5.17. The Hall–Kier alpha value is -3.03. The lowest BCUT2D eigenvalue weighted by Gasteiger charge is -2.19. The predicted molar refractivity (Wildman–Crippen MR) is 111 cm³/mol. The van der Waals surface area contributed by atoms with Crippen molar-refractivity contribution in [2.45, 2.75) is 24.8 Å². The average molecular weight is 551 g/mol. The second-order valence-corrected chi connectivity index (χ2v) is 7.75. The molecule has 0 aliphatic heterocycles. The van der Waals surface area contributed by atoms with Gasteiger partial charge < -0.3 is 25.1 Å². The first-order valence-corrected chi connectivity index (χ1v) is 10.3. The Morgan fingerprint density at radius 2 is 1.82 bits per heavy atom. The number of hydrogen-bond acceptors (Lipinski definition) is 6. The van der Waals surface area contributed by atoms with Gasteiger partial charge in [-0.3, -0.25) is 4.79 Å². The molecule has 0 unspecified atom stereocenters. The van der Waals surface area contributed by atoms with Gasteiger partial charge in [0.1, 0.15) is 17.1 Å². The van der Waals surface area contributed by atoms with E-state index in [1.54, 1.807) is 0 Å². The van der Waals surface area contributed by atoms with Crippen LogP contribution in [0.5, 0.6) is 5.75 Å². The summed E-state index contributed by atoms with van der Waals surface area (Å²) in [5.74, 6) is -4.86. The van der Waals surface area contributed by atoms with E-state index in [0.717, 1.165) is 36.4 Å². The second-order valence-electron chi connectivity index (χ2n) is 7.03. The van der Waals surface area contributed by atoms with Crippen LogP contribution in [0, 0.1) is 11.6 Å². The fraction of sp³-hybridized carbons (Fsp3) is 0.238. The topological polar surface area (TPSA) is 119 Å². The number of aliphatic hydroxyl groups excluding tert-OH is 2. The number of aliphatic hydroxyl groups is 2. The van der Waals surface area contributed by atoms with Gasteiger partial charge in [0.05, 0.1) is 18.3 Å². The molecule has 0 saturated heterocycles. The molecule has 13 heteroatoms. The first kappa shape index (κ1) is 25.6. The SMILES string of the molecule is NC(=O)c1c(F)ccc(O[C@H](C[C@@H](O)CO)c2nc(-c3ccc(C(F)(F)F)cc3)c(Br)o2)c1F. The largest absolute Gasteiger partial charge is 0.477 e. The molecular formula is C21H16BrF5N2O5. The minimum atomic E-state index is -4.53. The van der Waals surface area contributed by atoms with Gasteiger partial charge in [-0.2, -0.15) is 13.2 Å². The fourth-order valence-electron chi connectivity index (χ4n) is 2.97. The smallest absolute Gasteiger partial charge is 0.416 e. The van der Waals surface area contributed by atoms with Crippen molar-refractivity contribution in [2.75, 3.05) is 6.61 Å². The van der Waals surface area contributed by atoms with Crippen molar-refractivity contribution in [3.05, 3.63) is 69.7 Å². The Morgan fingerprint density at radius 1 is 1.18 bits per heavy atom. The van der Waals surface area contributed by atoms with E-state index in [9.17, 15) is 37.0 Å². The monoisotopic (exact) mass is 550 g/mol. The Balaban J connectivity index is 1.98. The maximum atomic E-state index is 14.6. The normalized spacial score (nSPS) is 13.5. The van der Waals surface area contributed by atoms with Crippen molar-refractivity contribution in [1.82, 2.24) is 4.98 Å². The zero-order chi connectivity index (χ0) is 25.2. The molecule has 3 aromatic rings. The molecule has 1 aromatic heterocycles. The van der Waals surface area contributed by atoms with Crippen molar-refractivity contribution in [3.63, 3.8) is 0 Å². The summed E-state index contributed by atoms with van der Waals surface area (Å²) < 4.78 is 77.8. The Bertz CT molecular complexity index is 1180. The number of nitrogens with zero attached hydrogens (tertiary/aromatic N) is 1. The molecule has 2 atom stereocenters. The summed E-state index contributed by atoms with van der Waals surface area (Å²) in [7, 11) is 0. The zero-order valence-corrected chi connectivity index (χ0v) is 18.5. The van der Waals surface area contributed by atoms with Crippen molar-refractivity contribution < 1.29 is 46.1 Å². The number of alkyl halides is 3. The number of ether oxygens (including phenoxy) is 1. The number of amides is 1. The van der Waals surface area contributed by atoms with Crippen LogP contribution in [0.1, 0.15) is 34.3 Å². The second kappa shape index (κ2) is 10.1. The van der Waals surface area contributed by atoms with Gasteiger partial charge in [-0.25, -0.2) is 13.8 Å². The lowest BCUT2D eigenvalue weighted by molar-refractivity contribution is -0.137. The summed E-state index contributed by atoms with van der Waals surface area (Å²) in [5.41, 5.74) is 3.39. The van der Waals surface area contributed by atoms with Crippen molar-refractivity contribution in [1.29, 1.82) is 0 Å². The van der Waals surface area contributed by atoms with E-state index in [2.05, 4.69) is 20.9 Å². The first-order chi connectivity index (χ1) is 15.9. The molecular weight excluding hydrogens is 535 g/mol. The average Bonchev–Trinajstić information content (AvgIpc) is 3.15. The molecule has 3 rings (SSSR count). The summed E-state index contributed by atoms with van der Waals surface area (Å²) in [5, 5.41) is 19.1. The van der Waals surface area contributed by atoms with E-state index < -0.39 is 59.4 Å². The number of halogens is 6. The lowest BCUT2D eigenvalue weighted by atomic mass is 10.1. The zero-order valence-electron chi connectivity index (χ0n) is 16.9. The van der Waals surface area contributed by atoms with E-state index in [1.165, 1.54) is 0 Å². The number of benzene rings is 2. The van der Waals surface area contributed by atoms with Gasteiger partial charge in [0.25, 0.3) is 5.91 Å². The number of hydrogen-bond donors (Lipinski definition) is 3. The van der Waals surface area contributed by atoms with Gasteiger partial charge in [0.15, 0.2) is 22.3 Å². The van der Waals surface area contributed by atoms with E-state index in [0.29, 0.717) is 0 Å². The molecule has 0 bridgehead atoms. The maximum absolute atomic E-state index is 14.6. The third kappa shape index (κ3) is 5.54. The molecule has 182 valence electrons. The van der Waals surface area contributed by atoms with E-state index in [1.807, 2.05) is 0 Å². The molecule has 4 N–H and O–H groups in total. The molecule has 1 heterocycles. The van der Waals surface area contributed by atoms with E-state index in [-0.39, 0.29) is 28.2 Å². The minimum Gasteiger partial charge on any atom is -0.477 e. The quantitative estimate of drug-likeness (QED) is 0.358. The summed E-state index contributed by atoms with van der Waals surface area (Å²) in [4.78, 5) is 15.5. The summed E-state index contributed by atoms with van der Waals surface area (Å²) in [6.07, 6.45) is -7.64.